The Morgan fingerprint density at radius 1 is 1.07 bits per heavy atom. The lowest BCUT2D eigenvalue weighted by atomic mass is 9.92. The van der Waals surface area contributed by atoms with E-state index in [0.717, 1.165) is 16.9 Å². The highest BCUT2D eigenvalue weighted by Crippen LogP contribution is 2.30. The molecular formula is C22H19FN4O. The van der Waals surface area contributed by atoms with E-state index < -0.39 is 5.92 Å². The maximum Gasteiger partial charge on any atom is 0.221 e. The predicted octanol–water partition coefficient (Wildman–Crippen LogP) is 3.71. The molecule has 4 aromatic rings. The molecule has 0 saturated carbocycles. The van der Waals surface area contributed by atoms with Gasteiger partial charge in [0.1, 0.15) is 11.5 Å². The number of hydrogen-bond donors (Lipinski definition) is 1. The molecule has 3 aromatic heterocycles. The van der Waals surface area contributed by atoms with Crippen LogP contribution in [-0.2, 0) is 11.3 Å². The van der Waals surface area contributed by atoms with E-state index in [1.807, 2.05) is 40.9 Å². The molecule has 0 saturated heterocycles. The van der Waals surface area contributed by atoms with Gasteiger partial charge in [0.15, 0.2) is 0 Å². The van der Waals surface area contributed by atoms with Crippen LogP contribution in [-0.4, -0.2) is 20.3 Å². The average Bonchev–Trinajstić information content (AvgIpc) is 3.16. The van der Waals surface area contributed by atoms with Crippen LogP contribution in [0.4, 0.5) is 4.39 Å². The van der Waals surface area contributed by atoms with E-state index >= 15 is 0 Å². The lowest BCUT2D eigenvalue weighted by Gasteiger charge is -2.18. The summed E-state index contributed by atoms with van der Waals surface area (Å²) in [5.41, 5.74) is 2.98. The van der Waals surface area contributed by atoms with Crippen molar-refractivity contribution in [2.75, 3.05) is 0 Å². The van der Waals surface area contributed by atoms with Crippen molar-refractivity contribution < 1.29 is 9.18 Å². The molecule has 1 unspecified atom stereocenters. The average molecular weight is 374 g/mol. The van der Waals surface area contributed by atoms with Crippen molar-refractivity contribution in [1.82, 2.24) is 19.7 Å². The number of pyridine rings is 2. The van der Waals surface area contributed by atoms with Gasteiger partial charge in [0.2, 0.25) is 5.91 Å². The molecule has 0 bridgehead atoms. The molecule has 140 valence electrons. The molecule has 0 aliphatic heterocycles. The van der Waals surface area contributed by atoms with Crippen molar-refractivity contribution >= 4 is 11.6 Å². The number of imidazole rings is 1. The van der Waals surface area contributed by atoms with Crippen molar-refractivity contribution in [3.05, 3.63) is 102 Å². The van der Waals surface area contributed by atoms with Crippen LogP contribution in [0.3, 0.4) is 0 Å². The molecule has 3 heterocycles. The number of nitrogens with one attached hydrogen (secondary N) is 1. The van der Waals surface area contributed by atoms with Crippen LogP contribution >= 0.6 is 0 Å². The Kier molecular flexibility index (Phi) is 5.10. The Hall–Kier alpha value is -3.54. The Bertz CT molecular complexity index is 1090. The van der Waals surface area contributed by atoms with Crippen LogP contribution in [0.25, 0.3) is 5.65 Å². The van der Waals surface area contributed by atoms with E-state index in [2.05, 4.69) is 15.3 Å². The fourth-order valence-corrected chi connectivity index (χ4v) is 3.30. The summed E-state index contributed by atoms with van der Waals surface area (Å²) in [5.74, 6) is -0.938. The summed E-state index contributed by atoms with van der Waals surface area (Å²) in [4.78, 5) is 21.0. The zero-order valence-electron chi connectivity index (χ0n) is 15.1. The second-order valence-corrected chi connectivity index (χ2v) is 6.52. The summed E-state index contributed by atoms with van der Waals surface area (Å²) in [5, 5.41) is 2.91. The Balaban J connectivity index is 1.62. The number of halogens is 1. The molecule has 1 amide bonds. The first kappa shape index (κ1) is 17.9. The van der Waals surface area contributed by atoms with E-state index in [1.165, 1.54) is 6.07 Å². The molecule has 28 heavy (non-hydrogen) atoms. The fourth-order valence-electron chi connectivity index (χ4n) is 3.30. The molecule has 4 rings (SSSR count). The predicted molar refractivity (Wildman–Crippen MR) is 104 cm³/mol. The third-order valence-corrected chi connectivity index (χ3v) is 4.71. The number of amides is 1. The third kappa shape index (κ3) is 3.76. The minimum absolute atomic E-state index is 0.120. The van der Waals surface area contributed by atoms with Gasteiger partial charge in [-0.3, -0.25) is 9.78 Å². The minimum atomic E-state index is -0.448. The SMILES string of the molecule is O=C(CC(c1ccccc1F)c1cnc2ccccn12)NCc1ccncc1. The standard InChI is InChI=1S/C22H19FN4O/c23-19-6-2-1-5-17(19)18(20-15-25-21-7-3-4-12-27(20)21)13-22(28)26-14-16-8-10-24-11-9-16/h1-12,15,18H,13-14H2,(H,26,28). The second kappa shape index (κ2) is 8.00. The number of nitrogens with zero attached hydrogens (tertiary/aromatic N) is 3. The topological polar surface area (TPSA) is 59.3 Å². The minimum Gasteiger partial charge on any atom is -0.352 e. The van der Waals surface area contributed by atoms with Gasteiger partial charge in [0.05, 0.1) is 5.69 Å². The van der Waals surface area contributed by atoms with Gasteiger partial charge in [-0.05, 0) is 41.5 Å². The number of fused-ring (bicyclic) bond motifs is 1. The van der Waals surface area contributed by atoms with Gasteiger partial charge < -0.3 is 9.72 Å². The fraction of sp³-hybridized carbons (Fsp3) is 0.136. The molecule has 0 fully saturated rings. The van der Waals surface area contributed by atoms with Crippen molar-refractivity contribution in [2.45, 2.75) is 18.9 Å². The number of aromatic nitrogens is 3. The van der Waals surface area contributed by atoms with Crippen molar-refractivity contribution in [3.63, 3.8) is 0 Å². The molecule has 0 spiro atoms. The van der Waals surface area contributed by atoms with Gasteiger partial charge in [0, 0.05) is 43.7 Å². The van der Waals surface area contributed by atoms with Crippen LogP contribution in [0.5, 0.6) is 0 Å². The highest BCUT2D eigenvalue weighted by atomic mass is 19.1. The van der Waals surface area contributed by atoms with Gasteiger partial charge >= 0.3 is 0 Å². The molecule has 1 aromatic carbocycles. The smallest absolute Gasteiger partial charge is 0.221 e. The number of carbonyl (C=O) groups excluding carboxylic acids is 1. The molecule has 0 radical (unpaired) electrons. The molecule has 0 aliphatic carbocycles. The highest BCUT2D eigenvalue weighted by Gasteiger charge is 2.24. The third-order valence-electron chi connectivity index (χ3n) is 4.71. The molecular weight excluding hydrogens is 355 g/mol. The quantitative estimate of drug-likeness (QED) is 0.560. The Labute approximate surface area is 161 Å². The maximum absolute atomic E-state index is 14.6. The molecule has 1 N–H and O–H groups in total. The summed E-state index contributed by atoms with van der Waals surface area (Å²) in [6.45, 7) is 0.401. The van der Waals surface area contributed by atoms with E-state index in [-0.39, 0.29) is 18.1 Å². The summed E-state index contributed by atoms with van der Waals surface area (Å²) in [6.07, 6.45) is 7.07. The van der Waals surface area contributed by atoms with Crippen LogP contribution in [0.2, 0.25) is 0 Å². The van der Waals surface area contributed by atoms with Gasteiger partial charge in [-0.2, -0.15) is 0 Å². The normalized spacial score (nSPS) is 12.0. The summed E-state index contributed by atoms with van der Waals surface area (Å²) >= 11 is 0. The number of hydrogen-bond acceptors (Lipinski definition) is 3. The van der Waals surface area contributed by atoms with E-state index in [1.54, 1.807) is 36.8 Å². The molecule has 0 aliphatic rings. The largest absolute Gasteiger partial charge is 0.352 e. The second-order valence-electron chi connectivity index (χ2n) is 6.52. The number of benzene rings is 1. The lowest BCUT2D eigenvalue weighted by Crippen LogP contribution is -2.25. The first-order valence-corrected chi connectivity index (χ1v) is 9.04. The van der Waals surface area contributed by atoms with Crippen LogP contribution in [0.15, 0.2) is 79.4 Å². The van der Waals surface area contributed by atoms with Crippen molar-refractivity contribution in [1.29, 1.82) is 0 Å². The van der Waals surface area contributed by atoms with E-state index in [9.17, 15) is 9.18 Å². The number of carbonyl (C=O) groups is 1. The van der Waals surface area contributed by atoms with E-state index in [4.69, 9.17) is 0 Å². The van der Waals surface area contributed by atoms with Gasteiger partial charge in [-0.25, -0.2) is 9.37 Å². The monoisotopic (exact) mass is 374 g/mol. The van der Waals surface area contributed by atoms with Crippen molar-refractivity contribution in [2.24, 2.45) is 0 Å². The van der Waals surface area contributed by atoms with Crippen LogP contribution in [0.1, 0.15) is 29.2 Å². The molecule has 6 heteroatoms. The summed E-state index contributed by atoms with van der Waals surface area (Å²) < 4.78 is 16.5. The number of rotatable bonds is 6. The summed E-state index contributed by atoms with van der Waals surface area (Å²) in [7, 11) is 0. The first-order valence-electron chi connectivity index (χ1n) is 9.04. The lowest BCUT2D eigenvalue weighted by molar-refractivity contribution is -0.121. The maximum atomic E-state index is 14.6. The molecule has 5 nitrogen and oxygen atoms in total. The highest BCUT2D eigenvalue weighted by molar-refractivity contribution is 5.77. The first-order chi connectivity index (χ1) is 13.7. The Morgan fingerprint density at radius 2 is 1.86 bits per heavy atom. The van der Waals surface area contributed by atoms with Gasteiger partial charge in [-0.1, -0.05) is 24.3 Å². The Morgan fingerprint density at radius 3 is 2.68 bits per heavy atom. The zero-order chi connectivity index (χ0) is 19.3. The van der Waals surface area contributed by atoms with E-state index in [0.29, 0.717) is 12.1 Å². The van der Waals surface area contributed by atoms with Crippen LogP contribution < -0.4 is 5.32 Å². The van der Waals surface area contributed by atoms with Crippen molar-refractivity contribution in [3.8, 4) is 0 Å². The zero-order valence-corrected chi connectivity index (χ0v) is 15.1. The van der Waals surface area contributed by atoms with Gasteiger partial charge in [-0.15, -0.1) is 0 Å². The van der Waals surface area contributed by atoms with Crippen LogP contribution in [0, 0.1) is 5.82 Å². The summed E-state index contributed by atoms with van der Waals surface area (Å²) in [6, 6.07) is 15.9. The van der Waals surface area contributed by atoms with Gasteiger partial charge in [0.25, 0.3) is 0 Å². The molecule has 1 atom stereocenters.